The molecule has 0 bridgehead atoms. The topological polar surface area (TPSA) is 66.0 Å². The van der Waals surface area contributed by atoms with Crippen LogP contribution in [0.2, 0.25) is 0 Å². The molecule has 4 aliphatic heterocycles. The fourth-order valence-corrected chi connectivity index (χ4v) is 6.04. The second-order valence-corrected chi connectivity index (χ2v) is 13.5. The van der Waals surface area contributed by atoms with Gasteiger partial charge in [0.25, 0.3) is 11.8 Å². The van der Waals surface area contributed by atoms with E-state index in [1.54, 1.807) is 17.9 Å². The van der Waals surface area contributed by atoms with Gasteiger partial charge in [0.15, 0.2) is 0 Å². The third-order valence-electron chi connectivity index (χ3n) is 7.57. The lowest BCUT2D eigenvalue weighted by atomic mass is 10.1. The van der Waals surface area contributed by atoms with Crippen molar-refractivity contribution in [3.63, 3.8) is 0 Å². The third kappa shape index (κ3) is 9.84. The van der Waals surface area contributed by atoms with E-state index < -0.39 is 29.6 Å². The number of anilines is 3. The Balaban J connectivity index is 0.000000169. The Hall–Kier alpha value is -1.31. The van der Waals surface area contributed by atoms with Crippen molar-refractivity contribution in [2.75, 3.05) is 93.5 Å². The molecule has 15 heteroatoms. The monoisotopic (exact) mass is 838 g/mol. The van der Waals surface area contributed by atoms with Crippen LogP contribution in [0.4, 0.5) is 39.4 Å². The molecule has 0 amide bonds. The molecule has 0 saturated carbocycles. The van der Waals surface area contributed by atoms with E-state index in [4.69, 9.17) is 9.47 Å². The molecule has 6 heterocycles. The fraction of sp³-hybridized carbons (Fsp3) is 0.643. The number of alkyl halides is 4. The number of hydrogen-bond donors (Lipinski definition) is 1. The van der Waals surface area contributed by atoms with Gasteiger partial charge in [-0.3, -0.25) is 0 Å². The van der Waals surface area contributed by atoms with Crippen LogP contribution in [0.5, 0.6) is 0 Å². The zero-order valence-electron chi connectivity index (χ0n) is 24.1. The molecular weight excluding hydrogens is 801 g/mol. The number of nitrogens with zero attached hydrogens (tertiary/aromatic N) is 5. The minimum absolute atomic E-state index is 0.208. The van der Waals surface area contributed by atoms with Crippen LogP contribution in [0, 0.1) is 24.9 Å². The van der Waals surface area contributed by atoms with Gasteiger partial charge in [-0.15, -0.1) is 0 Å². The highest BCUT2D eigenvalue weighted by molar-refractivity contribution is 14.1. The minimum atomic E-state index is -2.72. The van der Waals surface area contributed by atoms with Gasteiger partial charge in [-0.05, 0) is 63.4 Å². The van der Waals surface area contributed by atoms with Crippen LogP contribution in [0.1, 0.15) is 13.8 Å². The standard InChI is InChI=1S/C14H18F2IN3O.C10H10F3IN2.C4H9NO/c1-10-8-20(9-14(10,15)16)13-7-11(17)6-12(18-13)19-2-4-21-5-3-19;1-6-4-16(5-10(6,12)13)9-3-7(14)2-8(11)15-9;1-3-6-4-2-5-1/h6-7,10H,2-5,8-9H2,1H3;2-3,6H,4-5H2,1H3;5H,1-4H2. The first-order valence-corrected chi connectivity index (χ1v) is 16.4. The third-order valence-corrected chi connectivity index (χ3v) is 8.82. The zero-order chi connectivity index (χ0) is 31.2. The lowest BCUT2D eigenvalue weighted by Gasteiger charge is -2.29. The summed E-state index contributed by atoms with van der Waals surface area (Å²) in [5.74, 6) is -5.57. The number of aromatic nitrogens is 2. The summed E-state index contributed by atoms with van der Waals surface area (Å²) in [6.07, 6.45) is 0. The molecule has 240 valence electrons. The van der Waals surface area contributed by atoms with Crippen LogP contribution in [0.25, 0.3) is 0 Å². The van der Waals surface area contributed by atoms with E-state index in [1.165, 1.54) is 17.9 Å². The lowest BCUT2D eigenvalue weighted by molar-refractivity contribution is -0.0143. The number of hydrogen-bond acceptors (Lipinski definition) is 8. The Morgan fingerprint density at radius 1 is 0.721 bits per heavy atom. The molecule has 6 rings (SSSR count). The average Bonchev–Trinajstić information content (AvgIpc) is 3.41. The summed E-state index contributed by atoms with van der Waals surface area (Å²) in [6, 6.07) is 6.74. The molecule has 4 aliphatic rings. The van der Waals surface area contributed by atoms with Gasteiger partial charge in [0.1, 0.15) is 17.5 Å². The normalized spacial score (nSPS) is 24.6. The molecule has 43 heavy (non-hydrogen) atoms. The van der Waals surface area contributed by atoms with Gasteiger partial charge in [-0.2, -0.15) is 4.39 Å². The van der Waals surface area contributed by atoms with Gasteiger partial charge in [0, 0.05) is 64.3 Å². The number of rotatable bonds is 3. The van der Waals surface area contributed by atoms with Crippen molar-refractivity contribution in [3.05, 3.63) is 37.4 Å². The molecule has 4 saturated heterocycles. The maximum Gasteiger partial charge on any atom is 0.269 e. The predicted molar refractivity (Wildman–Crippen MR) is 173 cm³/mol. The highest BCUT2D eigenvalue weighted by Gasteiger charge is 2.46. The van der Waals surface area contributed by atoms with Gasteiger partial charge in [-0.25, -0.2) is 27.5 Å². The van der Waals surface area contributed by atoms with Crippen LogP contribution in [0.15, 0.2) is 24.3 Å². The van der Waals surface area contributed by atoms with Crippen LogP contribution in [0.3, 0.4) is 0 Å². The Kier molecular flexibility index (Phi) is 12.3. The van der Waals surface area contributed by atoms with Gasteiger partial charge in [0.05, 0.1) is 39.5 Å². The maximum absolute atomic E-state index is 13.7. The molecule has 8 nitrogen and oxygen atoms in total. The van der Waals surface area contributed by atoms with Crippen molar-refractivity contribution in [3.8, 4) is 0 Å². The van der Waals surface area contributed by atoms with Crippen LogP contribution in [-0.4, -0.2) is 101 Å². The van der Waals surface area contributed by atoms with Crippen molar-refractivity contribution in [2.24, 2.45) is 11.8 Å². The summed E-state index contributed by atoms with van der Waals surface area (Å²) < 4.78 is 79.1. The summed E-state index contributed by atoms with van der Waals surface area (Å²) in [5, 5.41) is 3.16. The van der Waals surface area contributed by atoms with Crippen molar-refractivity contribution in [1.29, 1.82) is 0 Å². The highest BCUT2D eigenvalue weighted by atomic mass is 127. The number of pyridine rings is 2. The molecule has 0 spiro atoms. The first-order chi connectivity index (χ1) is 20.3. The van der Waals surface area contributed by atoms with E-state index >= 15 is 0 Å². The Bertz CT molecular complexity index is 1170. The molecule has 2 aromatic heterocycles. The molecule has 2 aromatic rings. The number of nitrogens with one attached hydrogen (secondary N) is 1. The molecule has 0 aromatic carbocycles. The van der Waals surface area contributed by atoms with E-state index in [2.05, 4.69) is 42.8 Å². The van der Waals surface area contributed by atoms with Crippen LogP contribution >= 0.6 is 45.2 Å². The van der Waals surface area contributed by atoms with E-state index in [1.807, 2.05) is 34.7 Å². The molecule has 2 unspecified atom stereocenters. The SMILES string of the molecule is C1COCCN1.CC1CN(c2cc(I)cc(F)n2)CC1(F)F.CC1CN(c2cc(I)cc(N3CCOCC3)n2)CC1(F)F. The molecular formula is C28H37F5I2N6O2. The molecule has 0 aliphatic carbocycles. The van der Waals surface area contributed by atoms with E-state index in [9.17, 15) is 22.0 Å². The summed E-state index contributed by atoms with van der Waals surface area (Å²) in [4.78, 5) is 13.5. The summed E-state index contributed by atoms with van der Waals surface area (Å²) in [7, 11) is 0. The van der Waals surface area contributed by atoms with E-state index in [0.29, 0.717) is 29.1 Å². The quantitative estimate of drug-likeness (QED) is 0.260. The average molecular weight is 838 g/mol. The largest absolute Gasteiger partial charge is 0.379 e. The van der Waals surface area contributed by atoms with Gasteiger partial charge >= 0.3 is 0 Å². The predicted octanol–water partition coefficient (Wildman–Crippen LogP) is 5.14. The van der Waals surface area contributed by atoms with Gasteiger partial charge in [0.2, 0.25) is 5.95 Å². The van der Waals surface area contributed by atoms with Crippen molar-refractivity contribution in [1.82, 2.24) is 15.3 Å². The number of halogens is 7. The number of morpholine rings is 2. The van der Waals surface area contributed by atoms with Crippen molar-refractivity contribution < 1.29 is 31.4 Å². The second-order valence-electron chi connectivity index (χ2n) is 11.0. The van der Waals surface area contributed by atoms with Crippen molar-refractivity contribution >= 4 is 62.6 Å². The summed E-state index contributed by atoms with van der Waals surface area (Å²) in [5.41, 5.74) is 0. The highest BCUT2D eigenvalue weighted by Crippen LogP contribution is 2.36. The van der Waals surface area contributed by atoms with E-state index in [0.717, 1.165) is 48.8 Å². The Labute approximate surface area is 276 Å². The smallest absolute Gasteiger partial charge is 0.269 e. The van der Waals surface area contributed by atoms with Crippen LogP contribution < -0.4 is 20.0 Å². The van der Waals surface area contributed by atoms with E-state index in [-0.39, 0.29) is 25.5 Å². The summed E-state index contributed by atoms with van der Waals surface area (Å²) in [6.45, 7) is 9.79. The Morgan fingerprint density at radius 2 is 1.16 bits per heavy atom. The summed E-state index contributed by atoms with van der Waals surface area (Å²) >= 11 is 4.15. The maximum atomic E-state index is 13.7. The first-order valence-electron chi connectivity index (χ1n) is 14.2. The Morgan fingerprint density at radius 3 is 1.56 bits per heavy atom. The van der Waals surface area contributed by atoms with Gasteiger partial charge < -0.3 is 29.5 Å². The molecule has 2 atom stereocenters. The minimum Gasteiger partial charge on any atom is -0.379 e. The molecule has 4 fully saturated rings. The van der Waals surface area contributed by atoms with Crippen molar-refractivity contribution in [2.45, 2.75) is 25.7 Å². The van der Waals surface area contributed by atoms with Gasteiger partial charge in [-0.1, -0.05) is 13.8 Å². The first kappa shape index (κ1) is 34.6. The second kappa shape index (κ2) is 15.3. The molecule has 0 radical (unpaired) electrons. The molecule has 1 N–H and O–H groups in total. The van der Waals surface area contributed by atoms with Crippen LogP contribution in [-0.2, 0) is 9.47 Å². The zero-order valence-corrected chi connectivity index (χ0v) is 28.5. The lowest BCUT2D eigenvalue weighted by Crippen LogP contribution is -2.37. The number of ether oxygens (including phenoxy) is 2. The fourth-order valence-electron chi connectivity index (χ4n) is 4.94.